The molecule has 2 aliphatic carbocycles. The largest absolute Gasteiger partial charge is 0.392 e. The van der Waals surface area contributed by atoms with Crippen LogP contribution in [0.1, 0.15) is 150 Å². The van der Waals surface area contributed by atoms with Crippen LogP contribution in [0.4, 0.5) is 26.3 Å². The predicted molar refractivity (Wildman–Crippen MR) is 227 cm³/mol. The lowest BCUT2D eigenvalue weighted by atomic mass is 9.79. The standard InChI is InChI=1S/C21H20ClF3.C21H21F3O.17H2/c1-21(2)9-3-4-18(21)16-10-13(12-22)5-7-15(16)17-11-14(20(24)25)6-8-19(17)23;1-21(2)9-3-4-18(21)16-10-13(12-25)5-7-15(16)17-11-14(20(23)24)6-8-19(17)22;;;;;;;;;;;;;;;;;/h4-8,10-11,20H,3,9,12H2,1-2H3;4-8,10-11,20,25H,3,9,12H2,1-2H3;17*1H/i;;17*1+2T. The number of hydrogen-bond acceptors (Lipinski definition) is 1. The quantitative estimate of drug-likeness (QED) is 0.139. The van der Waals surface area contributed by atoms with Gasteiger partial charge in [-0.3, -0.25) is 0 Å². The molecule has 0 radical (unpaired) electrons. The molecule has 0 aliphatic heterocycles. The third-order valence-electron chi connectivity index (χ3n) is 9.84. The molecule has 4 aromatic carbocycles. The van der Waals surface area contributed by atoms with Gasteiger partial charge in [-0.1, -0.05) is 76.2 Å². The first-order valence-corrected chi connectivity index (χ1v) is 17.2. The van der Waals surface area contributed by atoms with E-state index >= 15 is 0 Å². The smallest absolute Gasteiger partial charge is 0.263 e. The Bertz CT molecular complexity index is 1870. The maximum atomic E-state index is 14.5. The van der Waals surface area contributed by atoms with E-state index in [4.69, 9.17) is 62.1 Å². The van der Waals surface area contributed by atoms with Crippen LogP contribution in [-0.2, 0) is 12.5 Å². The van der Waals surface area contributed by atoms with Crippen molar-refractivity contribution >= 4 is 22.7 Å². The number of allylic oxidation sites excluding steroid dienone is 4. The number of halogens is 7. The normalized spacial score (nSPS) is 19.1. The molecule has 1 nitrogen and oxygen atoms in total. The summed E-state index contributed by atoms with van der Waals surface area (Å²) < 4.78 is 251. The summed E-state index contributed by atoms with van der Waals surface area (Å²) in [6, 6.07) is 17.7. The van der Waals surface area contributed by atoms with Gasteiger partial charge in [0.15, 0.2) is 0 Å². The van der Waals surface area contributed by atoms with Crippen LogP contribution in [0.2, 0.25) is 0 Å². The van der Waals surface area contributed by atoms with Crippen molar-refractivity contribution < 1.29 is 81.9 Å². The van der Waals surface area contributed by atoms with Crippen LogP contribution in [0.15, 0.2) is 84.9 Å². The van der Waals surface area contributed by atoms with Gasteiger partial charge in [-0.25, -0.2) is 26.3 Å². The molecule has 2 aliphatic rings. The average Bonchev–Trinajstić information content (AvgIpc) is 4.15. The second-order valence-corrected chi connectivity index (χ2v) is 14.5. The summed E-state index contributed by atoms with van der Waals surface area (Å²) in [7, 11) is 0. The number of benzene rings is 4. The fourth-order valence-electron chi connectivity index (χ4n) is 6.98. The zero-order valence-corrected chi connectivity index (χ0v) is 29.3. The Morgan fingerprint density at radius 2 is 1.04 bits per heavy atom. The molecule has 1 N–H and O–H groups in total. The van der Waals surface area contributed by atoms with Crippen molar-refractivity contribution in [1.29, 1.82) is 0 Å². The first-order valence-electron chi connectivity index (χ1n) is 33.7. The van der Waals surface area contributed by atoms with Crippen LogP contribution in [0.5, 0.6) is 0 Å². The van der Waals surface area contributed by atoms with Gasteiger partial charge in [-0.15, -0.1) is 11.6 Å². The monoisotopic (exact) mass is 813 g/mol. The molecule has 0 amide bonds. The van der Waals surface area contributed by atoms with E-state index in [2.05, 4.69) is 39.8 Å². The van der Waals surface area contributed by atoms with Gasteiger partial charge in [0.2, 0.25) is 0 Å². The number of aliphatic hydroxyl groups excluding tert-OH is 1. The summed E-state index contributed by atoms with van der Waals surface area (Å²) in [5.41, 5.74) is 6.60. The van der Waals surface area contributed by atoms with Crippen molar-refractivity contribution in [2.45, 2.75) is 78.7 Å². The highest BCUT2D eigenvalue weighted by atomic mass is 35.5. The Morgan fingerprint density at radius 3 is 1.40 bits per heavy atom. The second-order valence-electron chi connectivity index (χ2n) is 14.2. The maximum absolute atomic E-state index is 14.5. The van der Waals surface area contributed by atoms with Crippen LogP contribution in [0.25, 0.3) is 33.4 Å². The molecule has 0 aromatic heterocycles. The molecular formula is C42H75ClF6O. The van der Waals surface area contributed by atoms with E-state index in [0.29, 0.717) is 22.6 Å². The van der Waals surface area contributed by atoms with Gasteiger partial charge in [0, 0.05) is 78.6 Å². The van der Waals surface area contributed by atoms with Crippen molar-refractivity contribution in [2.75, 3.05) is 0 Å². The van der Waals surface area contributed by atoms with Crippen molar-refractivity contribution in [3.8, 4) is 22.3 Å². The molecule has 0 unspecified atom stereocenters. The summed E-state index contributed by atoms with van der Waals surface area (Å²) in [5, 5.41) is 9.48. The van der Waals surface area contributed by atoms with Gasteiger partial charge in [0.25, 0.3) is 12.9 Å². The van der Waals surface area contributed by atoms with Gasteiger partial charge in [0.05, 0.1) is 6.61 Å². The third-order valence-corrected chi connectivity index (χ3v) is 10.2. The van der Waals surface area contributed by atoms with E-state index in [0.717, 1.165) is 77.8 Å². The molecule has 0 fully saturated rings. The lowest BCUT2D eigenvalue weighted by Gasteiger charge is -2.25. The third kappa shape index (κ3) is 7.89. The Kier molecular flexibility index (Phi) is 6.35. The van der Waals surface area contributed by atoms with Gasteiger partial charge in [-0.2, -0.15) is 0 Å². The molecular weight excluding hydrogens is 670 g/mol. The Balaban J connectivity index is -0.0000000725. The Morgan fingerprint density at radius 1 is 0.620 bits per heavy atom. The number of aliphatic hydroxyl groups is 1. The summed E-state index contributed by atoms with van der Waals surface area (Å²) in [4.78, 5) is 0. The van der Waals surface area contributed by atoms with Crippen LogP contribution < -0.4 is 0 Å². The molecule has 50 heavy (non-hydrogen) atoms. The van der Waals surface area contributed by atoms with Crippen LogP contribution >= 0.6 is 11.6 Å². The van der Waals surface area contributed by atoms with Crippen molar-refractivity contribution in [2.24, 2.45) is 10.8 Å². The molecule has 298 valence electrons. The Labute approximate surface area is 347 Å². The fraction of sp³-hybridized carbons (Fsp3) is 0.333. The van der Waals surface area contributed by atoms with Crippen LogP contribution in [0, 0.1) is 22.5 Å². The van der Waals surface area contributed by atoms with E-state index in [9.17, 15) is 31.4 Å². The zero-order chi connectivity index (χ0) is 70.4. The van der Waals surface area contributed by atoms with E-state index in [1.807, 2.05) is 18.2 Å². The second kappa shape index (κ2) is 15.2. The molecule has 8 heteroatoms. The topological polar surface area (TPSA) is 20.2 Å². The highest BCUT2D eigenvalue weighted by Gasteiger charge is 2.32. The minimum Gasteiger partial charge on any atom is -0.392 e. The summed E-state index contributed by atoms with van der Waals surface area (Å²) in [6.07, 6.45) is 2.85. The number of rotatable bonds is 8. The number of alkyl halides is 5. The van der Waals surface area contributed by atoms with Gasteiger partial charge < -0.3 is 5.11 Å². The maximum Gasteiger partial charge on any atom is 0.263 e. The van der Waals surface area contributed by atoms with Crippen molar-refractivity contribution in [3.05, 3.63) is 130 Å². The molecule has 4 aromatic rings. The molecule has 0 bridgehead atoms. The highest BCUT2D eigenvalue weighted by molar-refractivity contribution is 6.17. The molecule has 0 saturated carbocycles. The molecule has 0 atom stereocenters. The van der Waals surface area contributed by atoms with Gasteiger partial charge in [0.1, 0.15) is 11.6 Å². The fourth-order valence-corrected chi connectivity index (χ4v) is 7.14. The predicted octanol–water partition coefficient (Wildman–Crippen LogP) is 17.7. The lowest BCUT2D eigenvalue weighted by molar-refractivity contribution is 0.151. The molecule has 6 rings (SSSR count). The van der Waals surface area contributed by atoms with E-state index < -0.39 is 24.5 Å². The van der Waals surface area contributed by atoms with Crippen molar-refractivity contribution in [3.63, 3.8) is 0 Å². The Hall–Kier alpha value is -3.81. The van der Waals surface area contributed by atoms with E-state index in [1.54, 1.807) is 18.2 Å². The number of hydrogen-bond donors (Lipinski definition) is 1. The van der Waals surface area contributed by atoms with E-state index in [-0.39, 0.29) is 39.7 Å². The first-order chi connectivity index (χ1) is 40.7. The van der Waals surface area contributed by atoms with E-state index in [1.165, 1.54) is 12.1 Å². The molecule has 0 saturated heterocycles. The minimum atomic E-state index is -2.65. The van der Waals surface area contributed by atoms with Crippen molar-refractivity contribution in [1.82, 2.24) is 0 Å². The van der Waals surface area contributed by atoms with Gasteiger partial charge in [-0.05, 0) is 117 Å². The lowest BCUT2D eigenvalue weighted by Crippen LogP contribution is -2.10. The zero-order valence-electron chi connectivity index (χ0n) is 62.6. The summed E-state index contributed by atoms with van der Waals surface area (Å²) >= 11 is 5.98. The SMILES string of the molecule is CC1(C)CCC=C1c1cc(CCl)ccc1-c1cc(C(F)F)ccc1F.CC1(C)CCC=C1c1cc(CO)ccc1-c1cc(C(F)F)ccc1F.[3H][3H].[3H][3H].[3H][3H].[3H][3H].[3H][3H].[3H][3H].[3H][3H].[3H][3H].[3H][3H].[3H][3H].[3H][3H].[3H][3H].[3H][3H].[3H][3H].[3H][3H].[3H][3H].[3H][3H]. The molecule has 0 heterocycles. The van der Waals surface area contributed by atoms with Crippen LogP contribution in [0.3, 0.4) is 0 Å². The molecule has 0 spiro atoms. The van der Waals surface area contributed by atoms with Crippen LogP contribution in [-0.4, -0.2) is 5.11 Å². The highest BCUT2D eigenvalue weighted by Crippen LogP contribution is 2.49. The van der Waals surface area contributed by atoms with Gasteiger partial charge >= 0.3 is 0 Å². The first kappa shape index (κ1) is 20.9. The minimum absolute atomic E-state index is 0.0452. The summed E-state index contributed by atoms with van der Waals surface area (Å²) in [5.74, 6) is -0.680. The average molecular weight is 814 g/mol. The summed E-state index contributed by atoms with van der Waals surface area (Å²) in [6.45, 7) is 8.41.